The van der Waals surface area contributed by atoms with E-state index in [1.165, 1.54) is 0 Å². The smallest absolute Gasteiger partial charge is 0.289 e. The fourth-order valence-corrected chi connectivity index (χ4v) is 0.993. The van der Waals surface area contributed by atoms with E-state index in [9.17, 15) is 25.0 Å². The predicted molar refractivity (Wildman–Crippen MR) is 48.3 cm³/mol. The van der Waals surface area contributed by atoms with Gasteiger partial charge in [-0.25, -0.2) is 0 Å². The van der Waals surface area contributed by atoms with Gasteiger partial charge in [-0.05, 0) is 6.07 Å². The van der Waals surface area contributed by atoms with Crippen LogP contribution in [0.5, 0.6) is 0 Å². The maximum absolute atomic E-state index is 10.8. The molecule has 0 aromatic heterocycles. The number of nitro groups is 2. The molecule has 0 fully saturated rings. The molecule has 0 saturated carbocycles. The van der Waals surface area contributed by atoms with Crippen LogP contribution in [0.2, 0.25) is 0 Å². The summed E-state index contributed by atoms with van der Waals surface area (Å²) in [5, 5.41) is 20.8. The summed E-state index contributed by atoms with van der Waals surface area (Å²) in [5.74, 6) is -1.00. The number of primary amides is 1. The molecule has 1 aromatic carbocycles. The Morgan fingerprint density at radius 2 is 1.80 bits per heavy atom. The molecule has 0 aliphatic rings. The molecule has 2 N–H and O–H groups in total. The fourth-order valence-electron chi connectivity index (χ4n) is 0.993. The summed E-state index contributed by atoms with van der Waals surface area (Å²) in [6.45, 7) is 0. The molecule has 0 atom stereocenters. The zero-order valence-corrected chi connectivity index (χ0v) is 7.25. The van der Waals surface area contributed by atoms with Gasteiger partial charge in [0.05, 0.1) is 15.9 Å². The second-order valence-corrected chi connectivity index (χ2v) is 2.58. The molecular formula is C7H5N3O5. The van der Waals surface area contributed by atoms with Gasteiger partial charge in [0, 0.05) is 6.07 Å². The van der Waals surface area contributed by atoms with Crippen molar-refractivity contribution in [2.75, 3.05) is 0 Å². The zero-order chi connectivity index (χ0) is 11.6. The highest BCUT2D eigenvalue weighted by molar-refractivity contribution is 5.97. The van der Waals surface area contributed by atoms with Crippen molar-refractivity contribution in [3.05, 3.63) is 44.0 Å². The van der Waals surface area contributed by atoms with Crippen molar-refractivity contribution in [2.45, 2.75) is 0 Å². The van der Waals surface area contributed by atoms with Crippen LogP contribution < -0.4 is 5.73 Å². The summed E-state index contributed by atoms with van der Waals surface area (Å²) in [7, 11) is 0. The zero-order valence-electron chi connectivity index (χ0n) is 7.25. The first-order chi connectivity index (χ1) is 6.93. The van der Waals surface area contributed by atoms with Crippen LogP contribution in [0.25, 0.3) is 0 Å². The molecule has 78 valence electrons. The van der Waals surface area contributed by atoms with Crippen molar-refractivity contribution >= 4 is 17.3 Å². The number of benzene rings is 1. The lowest BCUT2D eigenvalue weighted by Crippen LogP contribution is -2.13. The monoisotopic (exact) mass is 211 g/mol. The summed E-state index contributed by atoms with van der Waals surface area (Å²) < 4.78 is 0. The molecule has 8 nitrogen and oxygen atoms in total. The maximum atomic E-state index is 10.8. The van der Waals surface area contributed by atoms with Crippen LogP contribution >= 0.6 is 0 Å². The molecule has 8 heteroatoms. The van der Waals surface area contributed by atoms with Crippen molar-refractivity contribution < 1.29 is 14.6 Å². The van der Waals surface area contributed by atoms with Crippen molar-refractivity contribution in [3.8, 4) is 0 Å². The van der Waals surface area contributed by atoms with Gasteiger partial charge in [-0.1, -0.05) is 0 Å². The Morgan fingerprint density at radius 1 is 1.20 bits per heavy atom. The van der Waals surface area contributed by atoms with E-state index < -0.39 is 27.1 Å². The first-order valence-electron chi connectivity index (χ1n) is 3.66. The first kappa shape index (κ1) is 10.6. The molecule has 0 bridgehead atoms. The van der Waals surface area contributed by atoms with E-state index in [0.717, 1.165) is 12.1 Å². The average Bonchev–Trinajstić information content (AvgIpc) is 2.16. The molecule has 0 saturated heterocycles. The van der Waals surface area contributed by atoms with Crippen molar-refractivity contribution in [3.63, 3.8) is 0 Å². The number of non-ortho nitro benzene ring substituents is 1. The van der Waals surface area contributed by atoms with Crippen LogP contribution in [0.1, 0.15) is 10.4 Å². The average molecular weight is 211 g/mol. The Bertz CT molecular complexity index is 456. The lowest BCUT2D eigenvalue weighted by molar-refractivity contribution is -0.394. The molecule has 1 amide bonds. The Labute approximate surface area is 82.6 Å². The van der Waals surface area contributed by atoms with E-state index >= 15 is 0 Å². The minimum Gasteiger partial charge on any atom is -0.365 e. The quantitative estimate of drug-likeness (QED) is 0.577. The van der Waals surface area contributed by atoms with Gasteiger partial charge in [0.2, 0.25) is 0 Å². The van der Waals surface area contributed by atoms with E-state index in [-0.39, 0.29) is 5.56 Å². The van der Waals surface area contributed by atoms with Crippen molar-refractivity contribution in [1.82, 2.24) is 0 Å². The van der Waals surface area contributed by atoms with E-state index in [1.54, 1.807) is 0 Å². The number of hydrogen-bond acceptors (Lipinski definition) is 5. The number of nitro benzene ring substituents is 2. The second-order valence-electron chi connectivity index (χ2n) is 2.58. The van der Waals surface area contributed by atoms with Crippen LogP contribution in [0.3, 0.4) is 0 Å². The number of carbonyl (C=O) groups excluding carboxylic acids is 1. The van der Waals surface area contributed by atoms with Crippen molar-refractivity contribution in [1.29, 1.82) is 0 Å². The van der Waals surface area contributed by atoms with Gasteiger partial charge in [-0.3, -0.25) is 25.0 Å². The molecule has 0 spiro atoms. The number of rotatable bonds is 3. The molecule has 0 radical (unpaired) electrons. The molecular weight excluding hydrogens is 206 g/mol. The third-order valence-electron chi connectivity index (χ3n) is 1.65. The van der Waals surface area contributed by atoms with Crippen LogP contribution in [-0.2, 0) is 0 Å². The summed E-state index contributed by atoms with van der Waals surface area (Å²) in [6.07, 6.45) is 0. The van der Waals surface area contributed by atoms with Crippen LogP contribution in [0, 0.1) is 20.2 Å². The molecule has 0 heterocycles. The summed E-state index contributed by atoms with van der Waals surface area (Å²) in [6, 6.07) is 2.63. The Morgan fingerprint density at radius 3 is 2.20 bits per heavy atom. The SMILES string of the molecule is NC(=O)c1ccc([N+](=O)[O-])cc1[N+](=O)[O-]. The fraction of sp³-hybridized carbons (Fsp3) is 0. The normalized spacial score (nSPS) is 9.60. The molecule has 1 aromatic rings. The van der Waals surface area contributed by atoms with Gasteiger partial charge in [0.25, 0.3) is 17.3 Å². The van der Waals surface area contributed by atoms with Crippen LogP contribution in [0.15, 0.2) is 18.2 Å². The van der Waals surface area contributed by atoms with E-state index in [1.807, 2.05) is 0 Å². The van der Waals surface area contributed by atoms with Gasteiger partial charge in [-0.15, -0.1) is 0 Å². The predicted octanol–water partition coefficient (Wildman–Crippen LogP) is 0.602. The highest BCUT2D eigenvalue weighted by Gasteiger charge is 2.22. The number of carbonyl (C=O) groups is 1. The van der Waals surface area contributed by atoms with Gasteiger partial charge >= 0.3 is 0 Å². The molecule has 0 aliphatic heterocycles. The Balaban J connectivity index is 3.40. The minimum absolute atomic E-state index is 0.356. The van der Waals surface area contributed by atoms with E-state index in [0.29, 0.717) is 6.07 Å². The lowest BCUT2D eigenvalue weighted by atomic mass is 10.1. The third kappa shape index (κ3) is 2.05. The lowest BCUT2D eigenvalue weighted by Gasteiger charge is -1.97. The highest BCUT2D eigenvalue weighted by Crippen LogP contribution is 2.23. The summed E-state index contributed by atoms with van der Waals surface area (Å²) in [5.41, 5.74) is 3.37. The molecule has 15 heavy (non-hydrogen) atoms. The minimum atomic E-state index is -1.00. The number of amides is 1. The highest BCUT2D eigenvalue weighted by atomic mass is 16.6. The van der Waals surface area contributed by atoms with Gasteiger partial charge in [-0.2, -0.15) is 0 Å². The van der Waals surface area contributed by atoms with Gasteiger partial charge < -0.3 is 5.73 Å². The van der Waals surface area contributed by atoms with Gasteiger partial charge in [0.15, 0.2) is 0 Å². The van der Waals surface area contributed by atoms with Crippen molar-refractivity contribution in [2.24, 2.45) is 5.73 Å². The molecule has 0 aliphatic carbocycles. The molecule has 1 rings (SSSR count). The summed E-state index contributed by atoms with van der Waals surface area (Å²) in [4.78, 5) is 29.9. The van der Waals surface area contributed by atoms with E-state index in [2.05, 4.69) is 0 Å². The first-order valence-corrected chi connectivity index (χ1v) is 3.66. The van der Waals surface area contributed by atoms with Gasteiger partial charge in [0.1, 0.15) is 5.56 Å². The van der Waals surface area contributed by atoms with Crippen LogP contribution in [0.4, 0.5) is 11.4 Å². The Kier molecular flexibility index (Phi) is 2.61. The number of nitrogens with zero attached hydrogens (tertiary/aromatic N) is 2. The number of hydrogen-bond donors (Lipinski definition) is 1. The molecule has 0 unspecified atom stereocenters. The largest absolute Gasteiger partial charge is 0.365 e. The number of nitrogens with two attached hydrogens (primary N) is 1. The van der Waals surface area contributed by atoms with E-state index in [4.69, 9.17) is 5.73 Å². The second kappa shape index (κ2) is 3.70. The maximum Gasteiger partial charge on any atom is 0.289 e. The standard InChI is InChI=1S/C7H5N3O5/c8-7(11)5-2-1-4(9(12)13)3-6(5)10(14)15/h1-3H,(H2,8,11). The topological polar surface area (TPSA) is 129 Å². The summed E-state index contributed by atoms with van der Waals surface area (Å²) >= 11 is 0. The Hall–Kier alpha value is -2.51. The van der Waals surface area contributed by atoms with Crippen LogP contribution in [-0.4, -0.2) is 15.8 Å². The third-order valence-corrected chi connectivity index (χ3v) is 1.65.